The molecule has 0 aliphatic heterocycles. The summed E-state index contributed by atoms with van der Waals surface area (Å²) in [5, 5.41) is 18.7. The molecule has 0 amide bonds. The minimum atomic E-state index is -1.60. The molecule has 28 heavy (non-hydrogen) atoms. The van der Waals surface area contributed by atoms with Gasteiger partial charge in [-0.2, -0.15) is 0 Å². The van der Waals surface area contributed by atoms with Crippen LogP contribution in [0.5, 0.6) is 0 Å². The maximum Gasteiger partial charge on any atom is 0.317 e. The molecule has 2 unspecified atom stereocenters. The van der Waals surface area contributed by atoms with Crippen LogP contribution in [0, 0.1) is 5.41 Å². The summed E-state index contributed by atoms with van der Waals surface area (Å²) in [6.07, 6.45) is 0.900. The Bertz CT molecular complexity index is 502. The van der Waals surface area contributed by atoms with E-state index in [9.17, 15) is 24.3 Å². The number of esters is 2. The van der Waals surface area contributed by atoms with E-state index in [1.165, 1.54) is 13.8 Å². The maximum atomic E-state index is 12.3. The molecule has 8 heteroatoms. The molecule has 2 atom stereocenters. The van der Waals surface area contributed by atoms with E-state index in [4.69, 9.17) is 14.6 Å². The average Bonchev–Trinajstić information content (AvgIpc) is 2.57. The standard InChI is InChI=1S/C20H34O8/c1-5-10-17(23)27-14(3)20(19(25)26,13-9-7-8-12-16(21)22)15(4)28-18(24)11-6-2/h14-15H,5-13H2,1-4H3,(H,21,22)(H,25,26). The largest absolute Gasteiger partial charge is 0.481 e. The van der Waals surface area contributed by atoms with Crippen molar-refractivity contribution in [1.82, 2.24) is 0 Å². The van der Waals surface area contributed by atoms with Crippen LogP contribution in [0.2, 0.25) is 0 Å². The van der Waals surface area contributed by atoms with E-state index in [-0.39, 0.29) is 25.7 Å². The summed E-state index contributed by atoms with van der Waals surface area (Å²) in [6, 6.07) is 0. The number of carbonyl (C=O) groups is 4. The van der Waals surface area contributed by atoms with Crippen LogP contribution in [-0.2, 0) is 28.7 Å². The van der Waals surface area contributed by atoms with Gasteiger partial charge in [-0.1, -0.05) is 26.7 Å². The van der Waals surface area contributed by atoms with Crippen molar-refractivity contribution in [2.45, 2.75) is 97.7 Å². The van der Waals surface area contributed by atoms with Gasteiger partial charge in [0.15, 0.2) is 0 Å². The highest BCUT2D eigenvalue weighted by Crippen LogP contribution is 2.38. The quantitative estimate of drug-likeness (QED) is 0.314. The summed E-state index contributed by atoms with van der Waals surface area (Å²) in [6.45, 7) is 6.63. The summed E-state index contributed by atoms with van der Waals surface area (Å²) in [7, 11) is 0. The molecule has 2 N–H and O–H groups in total. The molecule has 162 valence electrons. The van der Waals surface area contributed by atoms with Crippen LogP contribution < -0.4 is 0 Å². The van der Waals surface area contributed by atoms with E-state index in [1.807, 2.05) is 13.8 Å². The number of carboxylic acids is 2. The fourth-order valence-corrected chi connectivity index (χ4v) is 3.19. The lowest BCUT2D eigenvalue weighted by Crippen LogP contribution is -2.52. The first-order valence-electron chi connectivity index (χ1n) is 9.95. The second kappa shape index (κ2) is 13.1. The van der Waals surface area contributed by atoms with Crippen molar-refractivity contribution in [3.63, 3.8) is 0 Å². The van der Waals surface area contributed by atoms with Crippen LogP contribution in [0.3, 0.4) is 0 Å². The van der Waals surface area contributed by atoms with Crippen molar-refractivity contribution in [3.8, 4) is 0 Å². The molecule has 0 saturated carbocycles. The Morgan fingerprint density at radius 1 is 0.786 bits per heavy atom. The van der Waals surface area contributed by atoms with Crippen LogP contribution in [0.4, 0.5) is 0 Å². The average molecular weight is 402 g/mol. The van der Waals surface area contributed by atoms with Gasteiger partial charge in [-0.3, -0.25) is 19.2 Å². The lowest BCUT2D eigenvalue weighted by Gasteiger charge is -2.39. The number of carboxylic acid groups (broad SMARTS) is 2. The van der Waals surface area contributed by atoms with E-state index in [0.29, 0.717) is 32.1 Å². The number of unbranched alkanes of at least 4 members (excludes halogenated alkanes) is 2. The molecule has 0 saturated heterocycles. The lowest BCUT2D eigenvalue weighted by atomic mass is 9.73. The van der Waals surface area contributed by atoms with E-state index in [0.717, 1.165) is 0 Å². The first kappa shape index (κ1) is 25.9. The molecule has 0 aromatic carbocycles. The minimum absolute atomic E-state index is 0.00213. The first-order chi connectivity index (χ1) is 13.1. The van der Waals surface area contributed by atoms with Gasteiger partial charge in [0.1, 0.15) is 17.6 Å². The molecule has 0 radical (unpaired) electrons. The fraction of sp³-hybridized carbons (Fsp3) is 0.800. The first-order valence-corrected chi connectivity index (χ1v) is 9.95. The Labute approximate surface area is 166 Å². The van der Waals surface area contributed by atoms with Crippen molar-refractivity contribution >= 4 is 23.9 Å². The number of hydrogen-bond acceptors (Lipinski definition) is 6. The zero-order valence-electron chi connectivity index (χ0n) is 17.4. The molecule has 0 heterocycles. The molecule has 0 aliphatic carbocycles. The summed E-state index contributed by atoms with van der Waals surface area (Å²) in [5.74, 6) is -3.12. The smallest absolute Gasteiger partial charge is 0.317 e. The Morgan fingerprint density at radius 3 is 1.61 bits per heavy atom. The molecule has 0 bridgehead atoms. The van der Waals surface area contributed by atoms with E-state index in [2.05, 4.69) is 0 Å². The Morgan fingerprint density at radius 2 is 1.25 bits per heavy atom. The summed E-state index contributed by atoms with van der Waals surface area (Å²) in [4.78, 5) is 46.8. The zero-order valence-corrected chi connectivity index (χ0v) is 17.4. The van der Waals surface area contributed by atoms with Crippen LogP contribution in [0.15, 0.2) is 0 Å². The van der Waals surface area contributed by atoms with E-state index >= 15 is 0 Å². The van der Waals surface area contributed by atoms with Crippen LogP contribution >= 0.6 is 0 Å². The van der Waals surface area contributed by atoms with E-state index < -0.39 is 41.5 Å². The third-order valence-electron chi connectivity index (χ3n) is 4.85. The van der Waals surface area contributed by atoms with Gasteiger partial charge in [-0.15, -0.1) is 0 Å². The topological polar surface area (TPSA) is 127 Å². The highest BCUT2D eigenvalue weighted by Gasteiger charge is 2.52. The highest BCUT2D eigenvalue weighted by molar-refractivity contribution is 5.78. The normalized spacial score (nSPS) is 15.1. The number of rotatable bonds is 15. The molecule has 0 aliphatic rings. The van der Waals surface area contributed by atoms with Crippen molar-refractivity contribution in [3.05, 3.63) is 0 Å². The van der Waals surface area contributed by atoms with Crippen molar-refractivity contribution < 1.29 is 38.9 Å². The summed E-state index contributed by atoms with van der Waals surface area (Å²) >= 11 is 0. The van der Waals surface area contributed by atoms with Crippen LogP contribution in [0.1, 0.15) is 85.5 Å². The zero-order chi connectivity index (χ0) is 21.7. The Balaban J connectivity index is 5.45. The van der Waals surface area contributed by atoms with Gasteiger partial charge >= 0.3 is 23.9 Å². The minimum Gasteiger partial charge on any atom is -0.481 e. The molecule has 0 spiro atoms. The highest BCUT2D eigenvalue weighted by atomic mass is 16.6. The van der Waals surface area contributed by atoms with Gasteiger partial charge in [0.2, 0.25) is 0 Å². The molecule has 8 nitrogen and oxygen atoms in total. The lowest BCUT2D eigenvalue weighted by molar-refractivity contribution is -0.187. The molecule has 0 aromatic heterocycles. The Hall–Kier alpha value is -2.12. The van der Waals surface area contributed by atoms with E-state index in [1.54, 1.807) is 0 Å². The fourth-order valence-electron chi connectivity index (χ4n) is 3.19. The number of carbonyl (C=O) groups excluding carboxylic acids is 2. The van der Waals surface area contributed by atoms with Crippen LogP contribution in [0.25, 0.3) is 0 Å². The van der Waals surface area contributed by atoms with Crippen molar-refractivity contribution in [2.75, 3.05) is 0 Å². The molecular formula is C20H34O8. The van der Waals surface area contributed by atoms with Crippen LogP contribution in [-0.4, -0.2) is 46.3 Å². The summed E-state index contributed by atoms with van der Waals surface area (Å²) < 4.78 is 10.7. The second-order valence-corrected chi connectivity index (χ2v) is 7.06. The van der Waals surface area contributed by atoms with Gasteiger partial charge in [0, 0.05) is 19.3 Å². The summed E-state index contributed by atoms with van der Waals surface area (Å²) in [5.41, 5.74) is -1.60. The molecular weight excluding hydrogens is 368 g/mol. The van der Waals surface area contributed by atoms with Crippen molar-refractivity contribution in [2.24, 2.45) is 5.41 Å². The third kappa shape index (κ3) is 8.27. The van der Waals surface area contributed by atoms with Crippen molar-refractivity contribution in [1.29, 1.82) is 0 Å². The van der Waals surface area contributed by atoms with Gasteiger partial charge in [0.05, 0.1) is 0 Å². The van der Waals surface area contributed by atoms with Gasteiger partial charge in [-0.05, 0) is 39.5 Å². The predicted molar refractivity (Wildman–Crippen MR) is 102 cm³/mol. The third-order valence-corrected chi connectivity index (χ3v) is 4.85. The number of ether oxygens (including phenoxy) is 2. The SMILES string of the molecule is CCCC(=O)OC(C)C(CCCCCC(=O)O)(C(=O)O)C(C)OC(=O)CCC. The predicted octanol–water partition coefficient (Wildman–Crippen LogP) is 3.56. The molecule has 0 rings (SSSR count). The van der Waals surface area contributed by atoms with Gasteiger partial charge < -0.3 is 19.7 Å². The van der Waals surface area contributed by atoms with Gasteiger partial charge in [-0.25, -0.2) is 0 Å². The van der Waals surface area contributed by atoms with Gasteiger partial charge in [0.25, 0.3) is 0 Å². The molecule has 0 fully saturated rings. The monoisotopic (exact) mass is 402 g/mol. The second-order valence-electron chi connectivity index (χ2n) is 7.06. The number of hydrogen-bond donors (Lipinski definition) is 2. The Kier molecular flexibility index (Phi) is 12.1. The maximum absolute atomic E-state index is 12.3. The number of aliphatic carboxylic acids is 2. The molecule has 0 aromatic rings.